The van der Waals surface area contributed by atoms with Crippen molar-refractivity contribution in [1.29, 1.82) is 0 Å². The fourth-order valence-electron chi connectivity index (χ4n) is 3.47. The molecule has 0 radical (unpaired) electrons. The highest BCUT2D eigenvalue weighted by Gasteiger charge is 2.38. The van der Waals surface area contributed by atoms with Crippen molar-refractivity contribution in [3.05, 3.63) is 29.3 Å². The average Bonchev–Trinajstić information content (AvgIpc) is 3.01. The summed E-state index contributed by atoms with van der Waals surface area (Å²) in [6, 6.07) is 6.45. The molecule has 1 saturated heterocycles. The van der Waals surface area contributed by atoms with Crippen molar-refractivity contribution in [3.8, 4) is 5.75 Å². The van der Waals surface area contributed by atoms with Gasteiger partial charge in [0.05, 0.1) is 19.8 Å². The highest BCUT2D eigenvalue weighted by molar-refractivity contribution is 5.41. The molecule has 0 saturated carbocycles. The summed E-state index contributed by atoms with van der Waals surface area (Å²) in [4.78, 5) is 2.49. The van der Waals surface area contributed by atoms with Crippen molar-refractivity contribution in [2.75, 3.05) is 32.9 Å². The third kappa shape index (κ3) is 2.68. The van der Waals surface area contributed by atoms with Crippen LogP contribution >= 0.6 is 0 Å². The van der Waals surface area contributed by atoms with Gasteiger partial charge in [-0.15, -0.1) is 0 Å². The van der Waals surface area contributed by atoms with E-state index in [4.69, 9.17) is 15.2 Å². The van der Waals surface area contributed by atoms with Crippen LogP contribution in [0.1, 0.15) is 37.4 Å². The third-order valence-corrected chi connectivity index (χ3v) is 5.19. The molecule has 2 unspecified atom stereocenters. The maximum absolute atomic E-state index is 6.69. The summed E-state index contributed by atoms with van der Waals surface area (Å²) in [6.45, 7) is 8.85. The van der Waals surface area contributed by atoms with Gasteiger partial charge in [-0.3, -0.25) is 4.90 Å². The van der Waals surface area contributed by atoms with Crippen LogP contribution in [0.2, 0.25) is 0 Å². The molecule has 4 heteroatoms. The molecule has 21 heavy (non-hydrogen) atoms. The summed E-state index contributed by atoms with van der Waals surface area (Å²) in [7, 11) is 0. The van der Waals surface area contributed by atoms with Gasteiger partial charge in [0.15, 0.2) is 0 Å². The Morgan fingerprint density at radius 2 is 2.05 bits per heavy atom. The molecule has 2 heterocycles. The van der Waals surface area contributed by atoms with E-state index in [1.54, 1.807) is 0 Å². The van der Waals surface area contributed by atoms with Gasteiger partial charge in [-0.1, -0.05) is 19.1 Å². The first kappa shape index (κ1) is 14.8. The summed E-state index contributed by atoms with van der Waals surface area (Å²) >= 11 is 0. The highest BCUT2D eigenvalue weighted by Crippen LogP contribution is 2.35. The van der Waals surface area contributed by atoms with Crippen molar-refractivity contribution in [3.63, 3.8) is 0 Å². The smallest absolute Gasteiger partial charge is 0.122 e. The SMILES string of the molecule is CCC(C)(C(N)c1ccc2c(c1)CCO2)N1CCOCC1. The van der Waals surface area contributed by atoms with Crippen molar-refractivity contribution >= 4 is 0 Å². The van der Waals surface area contributed by atoms with Crippen LogP contribution in [0.25, 0.3) is 0 Å². The van der Waals surface area contributed by atoms with E-state index in [0.29, 0.717) is 0 Å². The monoisotopic (exact) mass is 290 g/mol. The molecule has 4 nitrogen and oxygen atoms in total. The van der Waals surface area contributed by atoms with Gasteiger partial charge in [-0.25, -0.2) is 0 Å². The molecule has 2 aliphatic rings. The van der Waals surface area contributed by atoms with E-state index in [-0.39, 0.29) is 11.6 Å². The molecule has 2 N–H and O–H groups in total. The van der Waals surface area contributed by atoms with Crippen LogP contribution in [-0.4, -0.2) is 43.3 Å². The summed E-state index contributed by atoms with van der Waals surface area (Å²) in [5.74, 6) is 1.02. The number of hydrogen-bond acceptors (Lipinski definition) is 4. The zero-order valence-corrected chi connectivity index (χ0v) is 13.1. The predicted octanol–water partition coefficient (Wildman–Crippen LogP) is 2.12. The lowest BCUT2D eigenvalue weighted by Crippen LogP contribution is -2.56. The molecular weight excluding hydrogens is 264 g/mol. The van der Waals surface area contributed by atoms with Crippen molar-refractivity contribution < 1.29 is 9.47 Å². The van der Waals surface area contributed by atoms with Gasteiger partial charge < -0.3 is 15.2 Å². The first-order chi connectivity index (χ1) is 10.1. The molecule has 0 amide bonds. The lowest BCUT2D eigenvalue weighted by Gasteiger charge is -2.46. The van der Waals surface area contributed by atoms with Crippen molar-refractivity contribution in [1.82, 2.24) is 4.90 Å². The second-order valence-corrected chi connectivity index (χ2v) is 6.25. The van der Waals surface area contributed by atoms with E-state index in [0.717, 1.165) is 51.5 Å². The molecule has 0 aromatic heterocycles. The van der Waals surface area contributed by atoms with Crippen LogP contribution in [0.3, 0.4) is 0 Å². The number of nitrogens with zero attached hydrogens (tertiary/aromatic N) is 1. The summed E-state index contributed by atoms with van der Waals surface area (Å²) in [5, 5.41) is 0. The Balaban J connectivity index is 1.85. The van der Waals surface area contributed by atoms with E-state index >= 15 is 0 Å². The fraction of sp³-hybridized carbons (Fsp3) is 0.647. The Morgan fingerprint density at radius 3 is 2.76 bits per heavy atom. The van der Waals surface area contributed by atoms with E-state index in [2.05, 4.69) is 36.9 Å². The highest BCUT2D eigenvalue weighted by atomic mass is 16.5. The first-order valence-electron chi connectivity index (χ1n) is 7.99. The molecule has 0 spiro atoms. The molecular formula is C17H26N2O2. The summed E-state index contributed by atoms with van der Waals surface area (Å²) < 4.78 is 11.1. The van der Waals surface area contributed by atoms with Crippen LogP contribution in [-0.2, 0) is 11.2 Å². The number of hydrogen-bond donors (Lipinski definition) is 1. The quantitative estimate of drug-likeness (QED) is 0.923. The van der Waals surface area contributed by atoms with Crippen LogP contribution in [0.15, 0.2) is 18.2 Å². The van der Waals surface area contributed by atoms with E-state index in [1.165, 1.54) is 11.1 Å². The normalized spacial score (nSPS) is 23.2. The van der Waals surface area contributed by atoms with E-state index in [1.807, 2.05) is 0 Å². The summed E-state index contributed by atoms with van der Waals surface area (Å²) in [6.07, 6.45) is 2.03. The van der Waals surface area contributed by atoms with E-state index < -0.39 is 0 Å². The molecule has 2 aliphatic heterocycles. The fourth-order valence-corrected chi connectivity index (χ4v) is 3.47. The molecule has 0 bridgehead atoms. The lowest BCUT2D eigenvalue weighted by molar-refractivity contribution is -0.0277. The number of nitrogens with two attached hydrogens (primary N) is 1. The van der Waals surface area contributed by atoms with Gasteiger partial charge >= 0.3 is 0 Å². The van der Waals surface area contributed by atoms with Crippen molar-refractivity contribution in [2.24, 2.45) is 5.73 Å². The number of ether oxygens (including phenoxy) is 2. The van der Waals surface area contributed by atoms with Crippen LogP contribution in [0.5, 0.6) is 5.75 Å². The maximum atomic E-state index is 6.69. The molecule has 1 fully saturated rings. The molecule has 3 rings (SSSR count). The Bertz CT molecular complexity index is 500. The van der Waals surface area contributed by atoms with E-state index in [9.17, 15) is 0 Å². The zero-order valence-electron chi connectivity index (χ0n) is 13.1. The van der Waals surface area contributed by atoms with Crippen molar-refractivity contribution in [2.45, 2.75) is 38.3 Å². The second-order valence-electron chi connectivity index (χ2n) is 6.25. The number of fused-ring (bicyclic) bond motifs is 1. The minimum absolute atomic E-state index is 0.00602. The molecule has 2 atom stereocenters. The number of morpholine rings is 1. The molecule has 1 aromatic rings. The standard InChI is InChI=1S/C17H26N2O2/c1-3-17(2,19-7-10-20-11-8-19)16(18)14-4-5-15-13(12-14)6-9-21-15/h4-5,12,16H,3,6-11,18H2,1-2H3. The Hall–Kier alpha value is -1.10. The van der Waals surface area contributed by atoms with Crippen LogP contribution < -0.4 is 10.5 Å². The van der Waals surface area contributed by atoms with Gasteiger partial charge in [0, 0.05) is 31.1 Å². The first-order valence-corrected chi connectivity index (χ1v) is 7.99. The van der Waals surface area contributed by atoms with Gasteiger partial charge in [-0.05, 0) is 30.5 Å². The largest absolute Gasteiger partial charge is 0.493 e. The van der Waals surface area contributed by atoms with Crippen LogP contribution in [0, 0.1) is 0 Å². The zero-order chi connectivity index (χ0) is 14.9. The molecule has 116 valence electrons. The lowest BCUT2D eigenvalue weighted by atomic mass is 9.82. The van der Waals surface area contributed by atoms with Gasteiger partial charge in [0.25, 0.3) is 0 Å². The Morgan fingerprint density at radius 1 is 1.29 bits per heavy atom. The molecule has 0 aliphatic carbocycles. The maximum Gasteiger partial charge on any atom is 0.122 e. The van der Waals surface area contributed by atoms with Gasteiger partial charge in [-0.2, -0.15) is 0 Å². The number of rotatable bonds is 4. The van der Waals surface area contributed by atoms with Gasteiger partial charge in [0.2, 0.25) is 0 Å². The third-order valence-electron chi connectivity index (χ3n) is 5.19. The average molecular weight is 290 g/mol. The molecule has 1 aromatic carbocycles. The Kier molecular flexibility index (Phi) is 4.20. The topological polar surface area (TPSA) is 47.7 Å². The predicted molar refractivity (Wildman–Crippen MR) is 83.7 cm³/mol. The van der Waals surface area contributed by atoms with Gasteiger partial charge in [0.1, 0.15) is 5.75 Å². The minimum Gasteiger partial charge on any atom is -0.493 e. The van der Waals surface area contributed by atoms with Crippen LogP contribution in [0.4, 0.5) is 0 Å². The second kappa shape index (κ2) is 5.95. The Labute approximate surface area is 127 Å². The number of benzene rings is 1. The summed E-state index contributed by atoms with van der Waals surface area (Å²) in [5.41, 5.74) is 9.17. The minimum atomic E-state index is -0.0303.